The van der Waals surface area contributed by atoms with Crippen molar-refractivity contribution in [3.8, 4) is 0 Å². The lowest BCUT2D eigenvalue weighted by atomic mass is 10.3. The Balaban J connectivity index is 2.33. The van der Waals surface area contributed by atoms with Gasteiger partial charge >= 0.3 is 11.7 Å². The molecule has 0 amide bonds. The Bertz CT molecular complexity index is 426. The van der Waals surface area contributed by atoms with Crippen LogP contribution >= 0.6 is 0 Å². The molecule has 1 atom stereocenters. The van der Waals surface area contributed by atoms with Gasteiger partial charge in [-0.3, -0.25) is 9.36 Å². The normalized spacial score (nSPS) is 20.9. The largest absolute Gasteiger partial charge is 0.441 e. The second-order valence-corrected chi connectivity index (χ2v) is 3.03. The molecule has 0 spiro atoms. The average Bonchev–Trinajstić information content (AvgIpc) is 2.51. The summed E-state index contributed by atoms with van der Waals surface area (Å²) in [6, 6.07) is 1.49. The molecule has 2 rings (SSSR count). The Labute approximate surface area is 79.3 Å². The standard InChI is InChI=1S/C8H9N3O3/c9-5-3-4-11(8(13)10-5)6-1-2-7(12)14-6/h3-4,6H,1-2H2,(H2,9,10,13). The SMILES string of the molecule is Nc1ccn(C2CCC(=O)O2)c(=O)n1. The monoisotopic (exact) mass is 195 g/mol. The van der Waals surface area contributed by atoms with E-state index in [4.69, 9.17) is 10.5 Å². The van der Waals surface area contributed by atoms with Gasteiger partial charge in [-0.1, -0.05) is 0 Å². The second kappa shape index (κ2) is 3.13. The zero-order chi connectivity index (χ0) is 10.1. The zero-order valence-electron chi connectivity index (χ0n) is 7.34. The van der Waals surface area contributed by atoms with Crippen LogP contribution in [0.1, 0.15) is 19.1 Å². The predicted molar refractivity (Wildman–Crippen MR) is 47.3 cm³/mol. The Morgan fingerprint density at radius 3 is 2.93 bits per heavy atom. The molecule has 6 nitrogen and oxygen atoms in total. The quantitative estimate of drug-likeness (QED) is 0.619. The van der Waals surface area contributed by atoms with Crippen LogP contribution < -0.4 is 11.4 Å². The van der Waals surface area contributed by atoms with Gasteiger partial charge in [0.15, 0.2) is 6.23 Å². The van der Waals surface area contributed by atoms with Gasteiger partial charge in [0.25, 0.3) is 0 Å². The van der Waals surface area contributed by atoms with E-state index in [1.165, 1.54) is 16.8 Å². The fourth-order valence-corrected chi connectivity index (χ4v) is 1.35. The minimum absolute atomic E-state index is 0.163. The Morgan fingerprint density at radius 1 is 1.57 bits per heavy atom. The van der Waals surface area contributed by atoms with Crippen LogP contribution in [0.25, 0.3) is 0 Å². The fourth-order valence-electron chi connectivity index (χ4n) is 1.35. The summed E-state index contributed by atoms with van der Waals surface area (Å²) in [6.45, 7) is 0. The van der Waals surface area contributed by atoms with Crippen LogP contribution in [0.15, 0.2) is 17.1 Å². The first-order valence-electron chi connectivity index (χ1n) is 4.21. The minimum Gasteiger partial charge on any atom is -0.441 e. The van der Waals surface area contributed by atoms with Crippen LogP contribution in [-0.4, -0.2) is 15.5 Å². The molecule has 0 aromatic carbocycles. The Morgan fingerprint density at radius 2 is 2.36 bits per heavy atom. The van der Waals surface area contributed by atoms with Gasteiger partial charge in [-0.2, -0.15) is 4.98 Å². The van der Waals surface area contributed by atoms with Crippen molar-refractivity contribution < 1.29 is 9.53 Å². The molecule has 1 aromatic rings. The molecule has 1 fully saturated rings. The second-order valence-electron chi connectivity index (χ2n) is 3.03. The molecular weight excluding hydrogens is 186 g/mol. The molecular formula is C8H9N3O3. The van der Waals surface area contributed by atoms with E-state index in [0.29, 0.717) is 12.8 Å². The van der Waals surface area contributed by atoms with E-state index in [1.807, 2.05) is 0 Å². The molecule has 1 saturated heterocycles. The van der Waals surface area contributed by atoms with E-state index in [0.717, 1.165) is 0 Å². The third kappa shape index (κ3) is 1.46. The molecule has 14 heavy (non-hydrogen) atoms. The van der Waals surface area contributed by atoms with Crippen molar-refractivity contribution in [2.45, 2.75) is 19.1 Å². The number of nitrogen functional groups attached to an aromatic ring is 1. The molecule has 1 aliphatic rings. The topological polar surface area (TPSA) is 87.2 Å². The van der Waals surface area contributed by atoms with E-state index in [-0.39, 0.29) is 11.8 Å². The molecule has 0 bridgehead atoms. The average molecular weight is 195 g/mol. The number of carbonyl (C=O) groups excluding carboxylic acids is 1. The lowest BCUT2D eigenvalue weighted by Gasteiger charge is -2.11. The van der Waals surface area contributed by atoms with Crippen LogP contribution in [0, 0.1) is 0 Å². The van der Waals surface area contributed by atoms with E-state index in [9.17, 15) is 9.59 Å². The van der Waals surface area contributed by atoms with Gasteiger partial charge in [0.1, 0.15) is 5.82 Å². The van der Waals surface area contributed by atoms with Gasteiger partial charge in [-0.15, -0.1) is 0 Å². The van der Waals surface area contributed by atoms with Crippen molar-refractivity contribution in [2.75, 3.05) is 5.73 Å². The van der Waals surface area contributed by atoms with Gasteiger partial charge in [0.2, 0.25) is 0 Å². The maximum Gasteiger partial charge on any atom is 0.352 e. The summed E-state index contributed by atoms with van der Waals surface area (Å²) >= 11 is 0. The van der Waals surface area contributed by atoms with Crippen LogP contribution in [0.5, 0.6) is 0 Å². The first-order chi connectivity index (χ1) is 6.66. The molecule has 2 heterocycles. The van der Waals surface area contributed by atoms with Crippen molar-refractivity contribution in [2.24, 2.45) is 0 Å². The van der Waals surface area contributed by atoms with E-state index in [2.05, 4.69) is 4.98 Å². The number of aromatic nitrogens is 2. The number of nitrogens with two attached hydrogens (primary N) is 1. The molecule has 1 aromatic heterocycles. The van der Waals surface area contributed by atoms with E-state index < -0.39 is 11.9 Å². The summed E-state index contributed by atoms with van der Waals surface area (Å²) < 4.78 is 6.18. The number of ether oxygens (including phenoxy) is 1. The van der Waals surface area contributed by atoms with E-state index >= 15 is 0 Å². The third-order valence-corrected chi connectivity index (χ3v) is 2.02. The number of carbonyl (C=O) groups is 1. The molecule has 0 saturated carbocycles. The highest BCUT2D eigenvalue weighted by Gasteiger charge is 2.25. The highest BCUT2D eigenvalue weighted by atomic mass is 16.6. The van der Waals surface area contributed by atoms with Crippen LogP contribution in [0.4, 0.5) is 5.82 Å². The van der Waals surface area contributed by atoms with Crippen molar-refractivity contribution in [3.63, 3.8) is 0 Å². The summed E-state index contributed by atoms with van der Waals surface area (Å²) in [5, 5.41) is 0. The fraction of sp³-hybridized carbons (Fsp3) is 0.375. The number of anilines is 1. The highest BCUT2D eigenvalue weighted by Crippen LogP contribution is 2.21. The van der Waals surface area contributed by atoms with Crippen molar-refractivity contribution >= 4 is 11.8 Å². The zero-order valence-corrected chi connectivity index (χ0v) is 7.34. The first kappa shape index (κ1) is 8.74. The Hall–Kier alpha value is -1.85. The number of cyclic esters (lactones) is 1. The first-order valence-corrected chi connectivity index (χ1v) is 4.21. The summed E-state index contributed by atoms with van der Waals surface area (Å²) in [6.07, 6.45) is 1.79. The minimum atomic E-state index is -0.525. The van der Waals surface area contributed by atoms with Gasteiger partial charge in [-0.25, -0.2) is 4.79 Å². The molecule has 2 N–H and O–H groups in total. The van der Waals surface area contributed by atoms with Crippen molar-refractivity contribution in [3.05, 3.63) is 22.7 Å². The van der Waals surface area contributed by atoms with Gasteiger partial charge in [-0.05, 0) is 6.07 Å². The lowest BCUT2D eigenvalue weighted by molar-refractivity contribution is -0.144. The molecule has 74 valence electrons. The summed E-state index contributed by atoms with van der Waals surface area (Å²) in [5.74, 6) is -0.130. The van der Waals surface area contributed by atoms with Crippen LogP contribution in [0.2, 0.25) is 0 Å². The lowest BCUT2D eigenvalue weighted by Crippen LogP contribution is -2.26. The highest BCUT2D eigenvalue weighted by molar-refractivity contribution is 5.71. The number of nitrogens with zero attached hydrogens (tertiary/aromatic N) is 2. The van der Waals surface area contributed by atoms with Gasteiger partial charge in [0, 0.05) is 12.6 Å². The summed E-state index contributed by atoms with van der Waals surface area (Å²) in [4.78, 5) is 25.7. The smallest absolute Gasteiger partial charge is 0.352 e. The number of rotatable bonds is 1. The number of hydrogen-bond donors (Lipinski definition) is 1. The molecule has 1 aliphatic heterocycles. The summed E-state index contributed by atoms with van der Waals surface area (Å²) in [5.41, 5.74) is 4.83. The molecule has 0 aliphatic carbocycles. The van der Waals surface area contributed by atoms with Gasteiger partial charge in [0.05, 0.1) is 6.42 Å². The van der Waals surface area contributed by atoms with Crippen LogP contribution in [-0.2, 0) is 9.53 Å². The van der Waals surface area contributed by atoms with E-state index in [1.54, 1.807) is 0 Å². The molecule has 6 heteroatoms. The third-order valence-electron chi connectivity index (χ3n) is 2.02. The maximum atomic E-state index is 11.3. The maximum absolute atomic E-state index is 11.3. The number of esters is 1. The molecule has 1 unspecified atom stereocenters. The van der Waals surface area contributed by atoms with Crippen molar-refractivity contribution in [1.82, 2.24) is 9.55 Å². The predicted octanol–water partition coefficient (Wildman–Crippen LogP) is -0.339. The molecule has 0 radical (unpaired) electrons. The van der Waals surface area contributed by atoms with Crippen molar-refractivity contribution in [1.29, 1.82) is 0 Å². The number of hydrogen-bond acceptors (Lipinski definition) is 5. The van der Waals surface area contributed by atoms with Crippen LogP contribution in [0.3, 0.4) is 0 Å². The Kier molecular flexibility index (Phi) is 1.95. The van der Waals surface area contributed by atoms with Gasteiger partial charge < -0.3 is 10.5 Å². The summed E-state index contributed by atoms with van der Waals surface area (Å²) in [7, 11) is 0.